The highest BCUT2D eigenvalue weighted by Gasteiger charge is 2.47. The molecule has 18 heavy (non-hydrogen) atoms. The van der Waals surface area contributed by atoms with Crippen molar-refractivity contribution in [3.05, 3.63) is 12.2 Å². The minimum absolute atomic E-state index is 0.144. The molecule has 2 heterocycles. The number of carbonyl (C=O) groups excluding carboxylic acids is 1. The summed E-state index contributed by atoms with van der Waals surface area (Å²) in [5, 5.41) is 0. The molecule has 0 amide bonds. The van der Waals surface area contributed by atoms with Gasteiger partial charge in [-0.15, -0.1) is 0 Å². The Morgan fingerprint density at radius 2 is 2.39 bits per heavy atom. The monoisotopic (exact) mass is 248 g/mol. The third kappa shape index (κ3) is 1.79. The molecule has 3 aliphatic rings. The Morgan fingerprint density at radius 3 is 3.22 bits per heavy atom. The minimum Gasteiger partial charge on any atom is -0.372 e. The van der Waals surface area contributed by atoms with Crippen molar-refractivity contribution in [1.29, 1.82) is 0 Å². The zero-order valence-electron chi connectivity index (χ0n) is 10.9. The first kappa shape index (κ1) is 11.9. The van der Waals surface area contributed by atoms with Crippen molar-refractivity contribution in [1.82, 2.24) is 4.90 Å². The van der Waals surface area contributed by atoms with Crippen LogP contribution in [0.4, 0.5) is 0 Å². The number of ether oxygens (including phenoxy) is 1. The first-order valence-electron chi connectivity index (χ1n) is 6.82. The second-order valence-corrected chi connectivity index (χ2v) is 5.38. The van der Waals surface area contributed by atoms with Crippen LogP contribution in [0, 0.1) is 0 Å². The van der Waals surface area contributed by atoms with Gasteiger partial charge in [0.25, 0.3) is 0 Å². The van der Waals surface area contributed by atoms with E-state index in [1.807, 2.05) is 6.08 Å². The van der Waals surface area contributed by atoms with Gasteiger partial charge in [0, 0.05) is 33.0 Å². The van der Waals surface area contributed by atoms with Gasteiger partial charge in [0.1, 0.15) is 5.60 Å². The largest absolute Gasteiger partial charge is 0.372 e. The second kappa shape index (κ2) is 4.50. The second-order valence-electron chi connectivity index (χ2n) is 5.38. The van der Waals surface area contributed by atoms with E-state index in [1.54, 1.807) is 13.2 Å². The van der Waals surface area contributed by atoms with E-state index in [0.717, 1.165) is 38.8 Å². The van der Waals surface area contributed by atoms with Gasteiger partial charge < -0.3 is 9.64 Å². The van der Waals surface area contributed by atoms with E-state index in [2.05, 4.69) is 9.89 Å². The lowest BCUT2D eigenvalue weighted by molar-refractivity contribution is -0.121. The van der Waals surface area contributed by atoms with Gasteiger partial charge in [0.05, 0.1) is 11.9 Å². The highest BCUT2D eigenvalue weighted by atomic mass is 16.5. The lowest BCUT2D eigenvalue weighted by Gasteiger charge is -2.50. The van der Waals surface area contributed by atoms with Crippen LogP contribution >= 0.6 is 0 Å². The van der Waals surface area contributed by atoms with E-state index in [9.17, 15) is 4.79 Å². The molecule has 0 aromatic heterocycles. The van der Waals surface area contributed by atoms with Gasteiger partial charge in [0.2, 0.25) is 0 Å². The van der Waals surface area contributed by atoms with Crippen molar-refractivity contribution in [3.63, 3.8) is 0 Å². The van der Waals surface area contributed by atoms with Crippen molar-refractivity contribution < 1.29 is 9.53 Å². The van der Waals surface area contributed by atoms with Crippen LogP contribution in [0.25, 0.3) is 0 Å². The quantitative estimate of drug-likeness (QED) is 0.707. The molecule has 0 N–H and O–H groups in total. The smallest absolute Gasteiger partial charge is 0.157 e. The lowest BCUT2D eigenvalue weighted by atomic mass is 9.77. The van der Waals surface area contributed by atoms with E-state index in [-0.39, 0.29) is 17.4 Å². The van der Waals surface area contributed by atoms with E-state index >= 15 is 0 Å². The summed E-state index contributed by atoms with van der Waals surface area (Å²) < 4.78 is 5.79. The minimum atomic E-state index is -0.280. The van der Waals surface area contributed by atoms with Crippen molar-refractivity contribution in [3.8, 4) is 0 Å². The molecular weight excluding hydrogens is 228 g/mol. The molecular formula is C14H20N2O2. The number of nitrogens with zero attached hydrogens (tertiary/aromatic N) is 2. The zero-order valence-corrected chi connectivity index (χ0v) is 10.9. The van der Waals surface area contributed by atoms with Crippen molar-refractivity contribution in [2.24, 2.45) is 4.99 Å². The molecule has 0 spiro atoms. The fraction of sp³-hybridized carbons (Fsp3) is 0.714. The molecule has 3 rings (SSSR count). The first-order chi connectivity index (χ1) is 8.75. The van der Waals surface area contributed by atoms with Gasteiger partial charge in [-0.25, -0.2) is 0 Å². The van der Waals surface area contributed by atoms with Crippen LogP contribution in [0.1, 0.15) is 32.1 Å². The Bertz CT molecular complexity index is 416. The van der Waals surface area contributed by atoms with Crippen LogP contribution in [0.5, 0.6) is 0 Å². The number of ketones is 1. The van der Waals surface area contributed by atoms with Gasteiger partial charge >= 0.3 is 0 Å². The number of hydrogen-bond acceptors (Lipinski definition) is 4. The van der Waals surface area contributed by atoms with E-state index in [0.29, 0.717) is 6.42 Å². The number of amidine groups is 1. The molecule has 0 bridgehead atoms. The van der Waals surface area contributed by atoms with Crippen molar-refractivity contribution in [2.75, 3.05) is 20.2 Å². The topological polar surface area (TPSA) is 41.9 Å². The molecule has 4 heteroatoms. The molecule has 2 aliphatic heterocycles. The molecule has 1 saturated heterocycles. The van der Waals surface area contributed by atoms with Crippen LogP contribution in [0.2, 0.25) is 0 Å². The summed E-state index contributed by atoms with van der Waals surface area (Å²) >= 11 is 0. The number of methoxy groups -OCH3 is 1. The Kier molecular flexibility index (Phi) is 2.98. The molecule has 0 saturated carbocycles. The predicted octanol–water partition coefficient (Wildman–Crippen LogP) is 1.56. The third-order valence-corrected chi connectivity index (χ3v) is 4.44. The van der Waals surface area contributed by atoms with Crippen LogP contribution < -0.4 is 0 Å². The van der Waals surface area contributed by atoms with Gasteiger partial charge in [-0.2, -0.15) is 0 Å². The normalized spacial score (nSPS) is 35.6. The molecule has 0 unspecified atom stereocenters. The average molecular weight is 248 g/mol. The number of fused-ring (bicyclic) bond motifs is 3. The summed E-state index contributed by atoms with van der Waals surface area (Å²) in [6.45, 7) is 1.94. The maximum atomic E-state index is 11.7. The maximum Gasteiger partial charge on any atom is 0.157 e. The summed E-state index contributed by atoms with van der Waals surface area (Å²) in [7, 11) is 1.76. The fourth-order valence-electron chi connectivity index (χ4n) is 3.39. The highest BCUT2D eigenvalue weighted by Crippen LogP contribution is 2.38. The highest BCUT2D eigenvalue weighted by molar-refractivity contribution is 5.93. The predicted molar refractivity (Wildman–Crippen MR) is 69.8 cm³/mol. The Labute approximate surface area is 108 Å². The van der Waals surface area contributed by atoms with Gasteiger partial charge in [-0.1, -0.05) is 0 Å². The summed E-state index contributed by atoms with van der Waals surface area (Å²) in [5.74, 6) is 1.39. The van der Waals surface area contributed by atoms with E-state index in [1.165, 1.54) is 5.84 Å². The number of piperidine rings is 1. The van der Waals surface area contributed by atoms with Gasteiger partial charge in [-0.3, -0.25) is 9.79 Å². The van der Waals surface area contributed by atoms with Crippen LogP contribution in [-0.2, 0) is 9.53 Å². The Hall–Kier alpha value is -1.16. The lowest BCUT2D eigenvalue weighted by Crippen LogP contribution is -2.60. The van der Waals surface area contributed by atoms with Gasteiger partial charge in [0.15, 0.2) is 5.78 Å². The number of carbonyl (C=O) groups is 1. The molecule has 0 aromatic rings. The number of allylic oxidation sites excluding steroid dienone is 1. The Morgan fingerprint density at radius 1 is 1.50 bits per heavy atom. The molecule has 0 radical (unpaired) electrons. The van der Waals surface area contributed by atoms with Crippen LogP contribution in [0.3, 0.4) is 0 Å². The summed E-state index contributed by atoms with van der Waals surface area (Å²) in [4.78, 5) is 18.7. The molecule has 0 aromatic carbocycles. The molecule has 1 fully saturated rings. The zero-order chi connectivity index (χ0) is 12.6. The van der Waals surface area contributed by atoms with Gasteiger partial charge in [-0.05, 0) is 31.4 Å². The molecule has 4 nitrogen and oxygen atoms in total. The standard InChI is InChI=1S/C14H20N2O2/c1-18-14-6-4-11(17)10-12(14)16-9-3-2-8-15-13(16)5-7-14/h4,6,12H,2-3,5,7-10H2,1H3/t12-,14+/m0/s1. The van der Waals surface area contributed by atoms with Crippen LogP contribution in [0.15, 0.2) is 17.1 Å². The maximum absolute atomic E-state index is 11.7. The van der Waals surface area contributed by atoms with Crippen molar-refractivity contribution >= 4 is 11.6 Å². The third-order valence-electron chi connectivity index (χ3n) is 4.44. The van der Waals surface area contributed by atoms with E-state index in [4.69, 9.17) is 4.74 Å². The number of aliphatic imine (C=N–C) groups is 1. The van der Waals surface area contributed by atoms with Crippen LogP contribution in [-0.4, -0.2) is 48.4 Å². The fourth-order valence-corrected chi connectivity index (χ4v) is 3.39. The SMILES string of the molecule is CO[C@@]12C=CC(=O)C[C@@H]1N1CCCCN=C1CC2. The first-order valence-corrected chi connectivity index (χ1v) is 6.82. The number of rotatable bonds is 1. The summed E-state index contributed by atoms with van der Waals surface area (Å²) in [6.07, 6.45) is 8.43. The van der Waals surface area contributed by atoms with Crippen molar-refractivity contribution in [2.45, 2.75) is 43.7 Å². The Balaban J connectivity index is 1.97. The molecule has 1 aliphatic carbocycles. The summed E-state index contributed by atoms with van der Waals surface area (Å²) in [6, 6.07) is 0.144. The van der Waals surface area contributed by atoms with E-state index < -0.39 is 0 Å². The molecule has 98 valence electrons. The number of hydrogen-bond donors (Lipinski definition) is 0. The summed E-state index contributed by atoms with van der Waals surface area (Å²) in [5.41, 5.74) is -0.280. The average Bonchev–Trinajstić information content (AvgIpc) is 2.64. The molecule has 2 atom stereocenters.